The van der Waals surface area contributed by atoms with E-state index in [9.17, 15) is 8.42 Å². The molecular weight excluding hydrogens is 290 g/mol. The van der Waals surface area contributed by atoms with Crippen LogP contribution in [0.15, 0.2) is 22.7 Å². The van der Waals surface area contributed by atoms with Crippen molar-refractivity contribution in [2.24, 2.45) is 0 Å². The Morgan fingerprint density at radius 1 is 1.38 bits per heavy atom. The first-order valence-electron chi connectivity index (χ1n) is 6.85. The van der Waals surface area contributed by atoms with E-state index < -0.39 is 15.1 Å². The lowest BCUT2D eigenvalue weighted by molar-refractivity contribution is 0.421. The van der Waals surface area contributed by atoms with Gasteiger partial charge in [-0.3, -0.25) is 0 Å². The monoisotopic (exact) mass is 307 g/mol. The molecular formula is C14H17N3O3S. The quantitative estimate of drug-likeness (QED) is 0.935. The zero-order valence-electron chi connectivity index (χ0n) is 12.0. The van der Waals surface area contributed by atoms with Gasteiger partial charge in [0.25, 0.3) is 5.89 Å². The molecule has 1 aromatic carbocycles. The highest BCUT2D eigenvalue weighted by molar-refractivity contribution is 7.90. The van der Waals surface area contributed by atoms with Crippen LogP contribution in [0.3, 0.4) is 0 Å². The van der Waals surface area contributed by atoms with Gasteiger partial charge in [0.2, 0.25) is 0 Å². The maximum Gasteiger partial charge on any atom is 0.258 e. The molecule has 1 N–H and O–H groups in total. The van der Waals surface area contributed by atoms with Crippen LogP contribution in [0.5, 0.6) is 0 Å². The number of hydrogen-bond donors (Lipinski definition) is 1. The highest BCUT2D eigenvalue weighted by Gasteiger charge is 2.25. The number of fused-ring (bicyclic) bond motifs is 1. The highest BCUT2D eigenvalue weighted by Crippen LogP contribution is 2.32. The molecule has 0 aliphatic carbocycles. The number of rotatable bonds is 3. The molecule has 0 saturated heterocycles. The molecule has 0 fully saturated rings. The van der Waals surface area contributed by atoms with Gasteiger partial charge in [0.1, 0.15) is 5.25 Å². The van der Waals surface area contributed by atoms with E-state index in [0.29, 0.717) is 5.89 Å². The first-order valence-corrected chi connectivity index (χ1v) is 8.81. The van der Waals surface area contributed by atoms with Gasteiger partial charge in [-0.1, -0.05) is 11.2 Å². The van der Waals surface area contributed by atoms with Gasteiger partial charge in [-0.25, -0.2) is 8.42 Å². The molecule has 0 bridgehead atoms. The maximum absolute atomic E-state index is 11.6. The third-order valence-corrected chi connectivity index (χ3v) is 5.27. The third-order valence-electron chi connectivity index (χ3n) is 3.77. The molecule has 7 heteroatoms. The van der Waals surface area contributed by atoms with Gasteiger partial charge in [0.15, 0.2) is 15.7 Å². The van der Waals surface area contributed by atoms with Gasteiger partial charge in [-0.15, -0.1) is 0 Å². The molecule has 1 aromatic heterocycles. The molecule has 1 unspecified atom stereocenters. The Bertz CT molecular complexity index is 768. The molecule has 112 valence electrons. The number of aromatic nitrogens is 2. The van der Waals surface area contributed by atoms with Crippen molar-refractivity contribution in [1.29, 1.82) is 0 Å². The predicted molar refractivity (Wildman–Crippen MR) is 79.8 cm³/mol. The predicted octanol–water partition coefficient (Wildman–Crippen LogP) is 2.20. The average molecular weight is 307 g/mol. The summed E-state index contributed by atoms with van der Waals surface area (Å²) in [5.41, 5.74) is 3.10. The zero-order chi connectivity index (χ0) is 15.0. The fraction of sp³-hybridized carbons (Fsp3) is 0.429. The van der Waals surface area contributed by atoms with Crippen molar-refractivity contribution in [1.82, 2.24) is 10.1 Å². The van der Waals surface area contributed by atoms with Crippen molar-refractivity contribution < 1.29 is 12.9 Å². The molecule has 2 heterocycles. The van der Waals surface area contributed by atoms with Crippen molar-refractivity contribution in [2.75, 3.05) is 18.1 Å². The lowest BCUT2D eigenvalue weighted by Crippen LogP contribution is -2.12. The number of benzene rings is 1. The second-order valence-corrected chi connectivity index (χ2v) is 7.66. The average Bonchev–Trinajstić information content (AvgIpc) is 2.94. The smallest absolute Gasteiger partial charge is 0.258 e. The normalized spacial score (nSPS) is 16.1. The molecule has 21 heavy (non-hydrogen) atoms. The van der Waals surface area contributed by atoms with Crippen LogP contribution in [0.4, 0.5) is 5.69 Å². The highest BCUT2D eigenvalue weighted by atomic mass is 32.2. The van der Waals surface area contributed by atoms with Gasteiger partial charge in [0, 0.05) is 24.1 Å². The summed E-state index contributed by atoms with van der Waals surface area (Å²) in [6.07, 6.45) is 3.16. The second-order valence-electron chi connectivity index (χ2n) is 5.29. The number of nitrogens with one attached hydrogen (secondary N) is 1. The maximum atomic E-state index is 11.6. The van der Waals surface area contributed by atoms with Crippen LogP contribution in [-0.4, -0.2) is 31.4 Å². The first-order chi connectivity index (χ1) is 9.97. The lowest BCUT2D eigenvalue weighted by atomic mass is 9.97. The van der Waals surface area contributed by atoms with E-state index >= 15 is 0 Å². The number of hydrogen-bond acceptors (Lipinski definition) is 6. The van der Waals surface area contributed by atoms with E-state index in [1.165, 1.54) is 6.26 Å². The van der Waals surface area contributed by atoms with E-state index in [1.54, 1.807) is 6.92 Å². The third kappa shape index (κ3) is 2.65. The van der Waals surface area contributed by atoms with Gasteiger partial charge in [0.05, 0.1) is 0 Å². The van der Waals surface area contributed by atoms with Crippen molar-refractivity contribution in [3.05, 3.63) is 29.6 Å². The number of nitrogens with zero attached hydrogens (tertiary/aromatic N) is 2. The Hall–Kier alpha value is -1.89. The van der Waals surface area contributed by atoms with Crippen LogP contribution in [0.1, 0.15) is 30.0 Å². The summed E-state index contributed by atoms with van der Waals surface area (Å²) in [4.78, 5) is 4.27. The van der Waals surface area contributed by atoms with Gasteiger partial charge >= 0.3 is 0 Å². The van der Waals surface area contributed by atoms with E-state index in [2.05, 4.69) is 15.5 Å². The SMILES string of the molecule is CC(c1noc(-c2cccc3c2CCCN3)n1)S(C)(=O)=O. The molecule has 0 radical (unpaired) electrons. The van der Waals surface area contributed by atoms with E-state index in [-0.39, 0.29) is 5.82 Å². The Balaban J connectivity index is 2.01. The molecule has 3 rings (SSSR count). The lowest BCUT2D eigenvalue weighted by Gasteiger charge is -2.19. The Morgan fingerprint density at radius 2 is 2.19 bits per heavy atom. The van der Waals surface area contributed by atoms with Gasteiger partial charge in [-0.2, -0.15) is 4.98 Å². The van der Waals surface area contributed by atoms with E-state index in [0.717, 1.165) is 36.2 Å². The molecule has 1 aliphatic heterocycles. The number of anilines is 1. The van der Waals surface area contributed by atoms with Crippen LogP contribution in [0.2, 0.25) is 0 Å². The topological polar surface area (TPSA) is 85.1 Å². The summed E-state index contributed by atoms with van der Waals surface area (Å²) in [5.74, 6) is 0.579. The fourth-order valence-corrected chi connectivity index (χ4v) is 2.89. The Morgan fingerprint density at radius 3 is 2.95 bits per heavy atom. The summed E-state index contributed by atoms with van der Waals surface area (Å²) >= 11 is 0. The molecule has 0 spiro atoms. The van der Waals surface area contributed by atoms with E-state index in [1.807, 2.05) is 18.2 Å². The van der Waals surface area contributed by atoms with Crippen LogP contribution in [0, 0.1) is 0 Å². The minimum atomic E-state index is -3.24. The minimum Gasteiger partial charge on any atom is -0.385 e. The molecule has 6 nitrogen and oxygen atoms in total. The summed E-state index contributed by atoms with van der Waals surface area (Å²) in [6.45, 7) is 2.52. The fourth-order valence-electron chi connectivity index (χ4n) is 2.41. The van der Waals surface area contributed by atoms with Gasteiger partial charge in [-0.05, 0) is 37.5 Å². The summed E-state index contributed by atoms with van der Waals surface area (Å²) < 4.78 is 28.4. The Kier molecular flexibility index (Phi) is 3.44. The zero-order valence-corrected chi connectivity index (χ0v) is 12.8. The second kappa shape index (κ2) is 5.14. The molecule has 1 atom stereocenters. The Labute approximate surface area is 123 Å². The van der Waals surface area contributed by atoms with Crippen LogP contribution in [-0.2, 0) is 16.3 Å². The van der Waals surface area contributed by atoms with Crippen LogP contribution in [0.25, 0.3) is 11.5 Å². The molecule has 1 aliphatic rings. The minimum absolute atomic E-state index is 0.203. The summed E-state index contributed by atoms with van der Waals surface area (Å²) in [5, 5.41) is 6.39. The van der Waals surface area contributed by atoms with Crippen molar-refractivity contribution in [3.63, 3.8) is 0 Å². The molecule has 0 saturated carbocycles. The van der Waals surface area contributed by atoms with Crippen molar-refractivity contribution in [3.8, 4) is 11.5 Å². The summed E-state index contributed by atoms with van der Waals surface area (Å²) in [7, 11) is -3.24. The standard InChI is InChI=1S/C14H17N3O3S/c1-9(21(2,18)19)13-16-14(20-17-13)11-5-3-7-12-10(11)6-4-8-15-12/h3,5,7,9,15H,4,6,8H2,1-2H3. The van der Waals surface area contributed by atoms with Crippen LogP contribution >= 0.6 is 0 Å². The largest absolute Gasteiger partial charge is 0.385 e. The summed E-state index contributed by atoms with van der Waals surface area (Å²) in [6, 6.07) is 5.87. The van der Waals surface area contributed by atoms with E-state index in [4.69, 9.17) is 4.52 Å². The number of sulfone groups is 1. The molecule has 2 aromatic rings. The van der Waals surface area contributed by atoms with Gasteiger partial charge < -0.3 is 9.84 Å². The van der Waals surface area contributed by atoms with Crippen molar-refractivity contribution in [2.45, 2.75) is 25.0 Å². The van der Waals surface area contributed by atoms with Crippen LogP contribution < -0.4 is 5.32 Å². The first kappa shape index (κ1) is 14.1. The molecule has 0 amide bonds. The van der Waals surface area contributed by atoms with Crippen molar-refractivity contribution >= 4 is 15.5 Å².